The van der Waals surface area contributed by atoms with Crippen LogP contribution in [-0.2, 0) is 23.7 Å². The van der Waals surface area contributed by atoms with Gasteiger partial charge in [0.25, 0.3) is 0 Å². The lowest BCUT2D eigenvalue weighted by molar-refractivity contribution is -0.0641. The van der Waals surface area contributed by atoms with Crippen molar-refractivity contribution in [2.24, 2.45) is 25.0 Å². The lowest BCUT2D eigenvalue weighted by Crippen LogP contribution is -2.30. The van der Waals surface area contributed by atoms with Crippen molar-refractivity contribution in [3.05, 3.63) is 106 Å². The minimum Gasteiger partial charge on any atom is -0.381 e. The molecule has 0 heterocycles. The number of ether oxygens (including phenoxy) is 5. The number of aryl methyl sites for hydroxylation is 2. The highest BCUT2D eigenvalue weighted by atomic mass is 16.6. The highest BCUT2D eigenvalue weighted by molar-refractivity contribution is 5.86. The van der Waals surface area contributed by atoms with Gasteiger partial charge in [-0.15, -0.1) is 0 Å². The summed E-state index contributed by atoms with van der Waals surface area (Å²) in [6.07, 6.45) is 11.2. The van der Waals surface area contributed by atoms with Gasteiger partial charge in [0.15, 0.2) is 0 Å². The van der Waals surface area contributed by atoms with Gasteiger partial charge in [-0.1, -0.05) is 77.9 Å². The van der Waals surface area contributed by atoms with Gasteiger partial charge >= 0.3 is 0 Å². The molecule has 10 heteroatoms. The Kier molecular flexibility index (Phi) is 24.8. The average molecular weight is 782 g/mol. The predicted octanol–water partition coefficient (Wildman–Crippen LogP) is 8.26. The molecule has 0 amide bonds. The molecule has 0 aromatic heterocycles. The molecule has 0 bridgehead atoms. The smallest absolute Gasteiger partial charge is 0.104 e. The van der Waals surface area contributed by atoms with E-state index in [0.29, 0.717) is 39.6 Å². The highest BCUT2D eigenvalue weighted by Crippen LogP contribution is 2.07. The quantitative estimate of drug-likeness (QED) is 0.0483. The van der Waals surface area contributed by atoms with Crippen LogP contribution in [0.2, 0.25) is 0 Å². The normalized spacial score (nSPS) is 14.3. The molecule has 310 valence electrons. The zero-order valence-electron chi connectivity index (χ0n) is 35.1. The van der Waals surface area contributed by atoms with Gasteiger partial charge in [-0.3, -0.25) is 20.0 Å². The Balaban J connectivity index is 1.41. The molecule has 3 atom stereocenters. The molecule has 0 N–H and O–H groups in total. The Bertz CT molecular complexity index is 1580. The summed E-state index contributed by atoms with van der Waals surface area (Å²) in [7, 11) is 0. The van der Waals surface area contributed by atoms with Crippen LogP contribution in [0.1, 0.15) is 79.8 Å². The number of aliphatic imine (C=N–C) groups is 5. The number of rotatable bonds is 31. The van der Waals surface area contributed by atoms with Crippen molar-refractivity contribution in [2.75, 3.05) is 72.6 Å². The molecule has 0 radical (unpaired) electrons. The van der Waals surface area contributed by atoms with E-state index in [9.17, 15) is 0 Å². The molecule has 0 aliphatic heterocycles. The predicted molar refractivity (Wildman–Crippen MR) is 238 cm³/mol. The summed E-state index contributed by atoms with van der Waals surface area (Å²) < 4.78 is 29.8. The SMILES string of the molecule is C=NCCCOCCCCOCCCN=Cc1cccc(/C=N/C(C)COC(COCC(C)N=Cc2cccc(C)c2)COCC(C)N=Cc2cccc(C)c2)c1. The highest BCUT2D eigenvalue weighted by Gasteiger charge is 2.14. The summed E-state index contributed by atoms with van der Waals surface area (Å²) in [6.45, 7) is 20.4. The Morgan fingerprint density at radius 1 is 0.509 bits per heavy atom. The molecule has 57 heavy (non-hydrogen) atoms. The molecular weight excluding hydrogens is 715 g/mol. The fourth-order valence-electron chi connectivity index (χ4n) is 5.47. The third-order valence-electron chi connectivity index (χ3n) is 8.58. The Labute approximate surface area is 342 Å². The maximum Gasteiger partial charge on any atom is 0.104 e. The van der Waals surface area contributed by atoms with E-state index in [1.54, 1.807) is 0 Å². The zero-order valence-corrected chi connectivity index (χ0v) is 35.1. The van der Waals surface area contributed by atoms with Crippen LogP contribution < -0.4 is 0 Å². The first-order valence-corrected chi connectivity index (χ1v) is 20.5. The van der Waals surface area contributed by atoms with Crippen molar-refractivity contribution in [1.82, 2.24) is 0 Å². The minimum atomic E-state index is -0.261. The molecule has 3 unspecified atom stereocenters. The van der Waals surface area contributed by atoms with Crippen LogP contribution in [0.25, 0.3) is 0 Å². The van der Waals surface area contributed by atoms with Gasteiger partial charge in [0.2, 0.25) is 0 Å². The zero-order chi connectivity index (χ0) is 40.8. The van der Waals surface area contributed by atoms with Gasteiger partial charge in [0.1, 0.15) is 6.10 Å². The van der Waals surface area contributed by atoms with Crippen LogP contribution in [0.15, 0.2) is 97.8 Å². The number of hydrogen-bond acceptors (Lipinski definition) is 10. The Morgan fingerprint density at radius 2 is 0.947 bits per heavy atom. The standard InChI is InChI=1S/C47H67N5O5/c1-38-14-9-16-43(26-38)30-50-40(3)33-55-36-47(37-56-34-41(4)51-31-44-17-10-15-39(2)27-44)57-35-42(5)52-32-46-19-11-18-45(28-46)29-49-21-13-25-54-23-8-7-22-53-24-12-20-48-6/h9-11,14-19,26-32,40-42,47H,6-8,12-13,20-25,33-37H2,1-5H3/b49-29?,50-30?,51-31?,52-32+. The summed E-state index contributed by atoms with van der Waals surface area (Å²) in [6, 6.07) is 24.7. The van der Waals surface area contributed by atoms with Crippen molar-refractivity contribution < 1.29 is 23.7 Å². The van der Waals surface area contributed by atoms with Crippen molar-refractivity contribution in [3.8, 4) is 0 Å². The van der Waals surface area contributed by atoms with Crippen LogP contribution in [0.5, 0.6) is 0 Å². The Hall–Kier alpha value is -4.19. The maximum atomic E-state index is 6.32. The van der Waals surface area contributed by atoms with Gasteiger partial charge in [0, 0.05) is 64.4 Å². The van der Waals surface area contributed by atoms with E-state index < -0.39 is 0 Å². The topological polar surface area (TPSA) is 108 Å². The molecule has 3 aromatic rings. The van der Waals surface area contributed by atoms with Crippen LogP contribution in [0, 0.1) is 13.8 Å². The molecule has 0 aliphatic carbocycles. The number of hydrogen-bond donors (Lipinski definition) is 0. The van der Waals surface area contributed by atoms with E-state index in [1.165, 1.54) is 11.1 Å². The summed E-state index contributed by atoms with van der Waals surface area (Å²) >= 11 is 0. The van der Waals surface area contributed by atoms with Gasteiger partial charge in [0.05, 0.1) is 51.2 Å². The number of benzene rings is 3. The fourth-order valence-corrected chi connectivity index (χ4v) is 5.47. The lowest BCUT2D eigenvalue weighted by atomic mass is 10.1. The Morgan fingerprint density at radius 3 is 1.46 bits per heavy atom. The molecule has 0 saturated carbocycles. The van der Waals surface area contributed by atoms with E-state index in [2.05, 4.69) is 83.0 Å². The first kappa shape index (κ1) is 47.2. The van der Waals surface area contributed by atoms with Crippen molar-refractivity contribution in [3.63, 3.8) is 0 Å². The van der Waals surface area contributed by atoms with Crippen molar-refractivity contribution in [2.45, 2.75) is 84.5 Å². The summed E-state index contributed by atoms with van der Waals surface area (Å²) in [5.74, 6) is 0. The third-order valence-corrected chi connectivity index (χ3v) is 8.58. The van der Waals surface area contributed by atoms with Crippen molar-refractivity contribution in [1.29, 1.82) is 0 Å². The molecule has 0 spiro atoms. The van der Waals surface area contributed by atoms with Crippen LogP contribution in [0.4, 0.5) is 0 Å². The molecule has 0 fully saturated rings. The van der Waals surface area contributed by atoms with E-state index >= 15 is 0 Å². The first-order valence-electron chi connectivity index (χ1n) is 20.5. The third kappa shape index (κ3) is 23.6. The van der Waals surface area contributed by atoms with E-state index in [1.807, 2.05) is 76.0 Å². The molecule has 3 aromatic carbocycles. The maximum absolute atomic E-state index is 6.32. The van der Waals surface area contributed by atoms with Crippen molar-refractivity contribution >= 4 is 31.6 Å². The van der Waals surface area contributed by atoms with Crippen LogP contribution in [0.3, 0.4) is 0 Å². The van der Waals surface area contributed by atoms with Gasteiger partial charge < -0.3 is 28.7 Å². The van der Waals surface area contributed by atoms with Crippen LogP contribution >= 0.6 is 0 Å². The van der Waals surface area contributed by atoms with Gasteiger partial charge in [-0.25, -0.2) is 0 Å². The second kappa shape index (κ2) is 30.0. The largest absolute Gasteiger partial charge is 0.381 e. The molecule has 3 rings (SSSR count). The van der Waals surface area contributed by atoms with Gasteiger partial charge in [-0.05, 0) is 95.3 Å². The average Bonchev–Trinajstić information content (AvgIpc) is 3.20. The van der Waals surface area contributed by atoms with E-state index in [-0.39, 0.29) is 24.2 Å². The van der Waals surface area contributed by atoms with Crippen LogP contribution in [-0.4, -0.2) is 128 Å². The fraction of sp³-hybridized carbons (Fsp3) is 0.511. The minimum absolute atomic E-state index is 0.00341. The number of unbranched alkanes of at least 4 members (excludes halogenated alkanes) is 1. The van der Waals surface area contributed by atoms with Gasteiger partial charge in [-0.2, -0.15) is 0 Å². The van der Waals surface area contributed by atoms with E-state index in [4.69, 9.17) is 28.7 Å². The molecular formula is C47H67N5O5. The molecule has 0 saturated heterocycles. The number of nitrogens with zero attached hydrogens (tertiary/aromatic N) is 5. The van der Waals surface area contributed by atoms with E-state index in [0.717, 1.165) is 80.8 Å². The monoisotopic (exact) mass is 782 g/mol. The second-order valence-corrected chi connectivity index (χ2v) is 14.5. The molecule has 0 aliphatic rings. The lowest BCUT2D eigenvalue weighted by Gasteiger charge is -2.21. The summed E-state index contributed by atoms with van der Waals surface area (Å²) in [5, 5.41) is 0. The molecule has 10 nitrogen and oxygen atoms in total. The summed E-state index contributed by atoms with van der Waals surface area (Å²) in [5.41, 5.74) is 6.64. The first-order chi connectivity index (χ1) is 27.8. The summed E-state index contributed by atoms with van der Waals surface area (Å²) in [4.78, 5) is 22.5. The second-order valence-electron chi connectivity index (χ2n) is 14.5.